The van der Waals surface area contributed by atoms with Gasteiger partial charge < -0.3 is 5.43 Å². The van der Waals surface area contributed by atoms with Gasteiger partial charge in [-0.3, -0.25) is 0 Å². The number of hydrazine groups is 1. The molecule has 3 atom stereocenters. The van der Waals surface area contributed by atoms with Crippen molar-refractivity contribution in [1.29, 1.82) is 0 Å². The second-order valence-corrected chi connectivity index (χ2v) is 7.26. The van der Waals surface area contributed by atoms with Crippen molar-refractivity contribution in [3.05, 3.63) is 17.6 Å². The van der Waals surface area contributed by atoms with Gasteiger partial charge in [-0.15, -0.1) is 11.8 Å². The first-order chi connectivity index (χ1) is 8.10. The Morgan fingerprint density at radius 2 is 2.12 bits per heavy atom. The lowest BCUT2D eigenvalue weighted by atomic mass is 10.3. The third-order valence-corrected chi connectivity index (χ3v) is 6.24. The van der Waals surface area contributed by atoms with E-state index in [1.165, 1.54) is 0 Å². The zero-order valence-corrected chi connectivity index (χ0v) is 11.9. The van der Waals surface area contributed by atoms with E-state index in [0.717, 1.165) is 17.3 Å². The Labute approximate surface area is 111 Å². The van der Waals surface area contributed by atoms with Crippen LogP contribution in [0.25, 0.3) is 0 Å². The fraction of sp³-hybridized carbons (Fsp3) is 0.636. The fourth-order valence-electron chi connectivity index (χ4n) is 1.73. The van der Waals surface area contributed by atoms with Gasteiger partial charge in [0.15, 0.2) is 0 Å². The van der Waals surface area contributed by atoms with Gasteiger partial charge in [0.1, 0.15) is 11.6 Å². The molecule has 1 saturated heterocycles. The van der Waals surface area contributed by atoms with Crippen LogP contribution in [-0.4, -0.2) is 26.2 Å². The number of hydrogen-bond acceptors (Lipinski definition) is 6. The van der Waals surface area contributed by atoms with Crippen LogP contribution in [0.15, 0.2) is 6.07 Å². The zero-order valence-electron chi connectivity index (χ0n) is 10.3. The molecular weight excluding hydrogens is 252 g/mol. The summed E-state index contributed by atoms with van der Waals surface area (Å²) in [6, 6.07) is 1.86. The molecule has 0 aliphatic carbocycles. The zero-order chi connectivity index (χ0) is 12.4. The summed E-state index contributed by atoms with van der Waals surface area (Å²) in [5.41, 5.74) is 3.56. The molecule has 0 saturated carbocycles. The van der Waals surface area contributed by atoms with E-state index < -0.39 is 0 Å². The normalized spacial score (nSPS) is 29.1. The van der Waals surface area contributed by atoms with Crippen molar-refractivity contribution in [3.8, 4) is 0 Å². The van der Waals surface area contributed by atoms with E-state index in [9.17, 15) is 0 Å². The standard InChI is InChI=1S/C11H18N4S2/c1-6-4-10(15-12)14-11(13-6)9-5-16-7(2)8(3)17-9/h4,7-9H,5,12H2,1-3H3,(H,13,14,15). The van der Waals surface area contributed by atoms with Crippen molar-refractivity contribution < 1.29 is 0 Å². The summed E-state index contributed by atoms with van der Waals surface area (Å²) in [6.07, 6.45) is 0. The lowest BCUT2D eigenvalue weighted by molar-refractivity contribution is 0.852. The molecule has 3 N–H and O–H groups in total. The lowest BCUT2D eigenvalue weighted by Gasteiger charge is -2.30. The monoisotopic (exact) mass is 270 g/mol. The molecule has 2 rings (SSSR count). The highest BCUT2D eigenvalue weighted by molar-refractivity contribution is 8.07. The molecule has 17 heavy (non-hydrogen) atoms. The molecule has 6 heteroatoms. The van der Waals surface area contributed by atoms with Gasteiger partial charge in [0.2, 0.25) is 0 Å². The van der Waals surface area contributed by atoms with Gasteiger partial charge in [-0.05, 0) is 6.92 Å². The fourth-order valence-corrected chi connectivity index (χ4v) is 4.57. The van der Waals surface area contributed by atoms with E-state index in [-0.39, 0.29) is 0 Å². The molecule has 0 bridgehead atoms. The number of aryl methyl sites for hydroxylation is 1. The summed E-state index contributed by atoms with van der Waals surface area (Å²) in [5.74, 6) is 8.08. The smallest absolute Gasteiger partial charge is 0.144 e. The molecule has 3 unspecified atom stereocenters. The van der Waals surface area contributed by atoms with Crippen LogP contribution in [0, 0.1) is 6.92 Å². The van der Waals surface area contributed by atoms with Gasteiger partial charge in [-0.2, -0.15) is 11.8 Å². The van der Waals surface area contributed by atoms with Gasteiger partial charge in [0.05, 0.1) is 5.25 Å². The molecule has 94 valence electrons. The Morgan fingerprint density at radius 1 is 1.35 bits per heavy atom. The van der Waals surface area contributed by atoms with Crippen molar-refractivity contribution in [2.75, 3.05) is 11.2 Å². The van der Waals surface area contributed by atoms with E-state index in [1.54, 1.807) is 0 Å². The Morgan fingerprint density at radius 3 is 2.76 bits per heavy atom. The van der Waals surface area contributed by atoms with Crippen LogP contribution in [-0.2, 0) is 0 Å². The summed E-state index contributed by atoms with van der Waals surface area (Å²) in [7, 11) is 0. The lowest BCUT2D eigenvalue weighted by Crippen LogP contribution is -2.23. The number of nitrogens with one attached hydrogen (secondary N) is 1. The maximum absolute atomic E-state index is 5.41. The third-order valence-electron chi connectivity index (χ3n) is 2.86. The van der Waals surface area contributed by atoms with Gasteiger partial charge in [-0.25, -0.2) is 15.8 Å². The minimum atomic E-state index is 0.373. The second kappa shape index (κ2) is 5.46. The highest BCUT2D eigenvalue weighted by atomic mass is 32.2. The highest BCUT2D eigenvalue weighted by Gasteiger charge is 2.28. The van der Waals surface area contributed by atoms with Crippen LogP contribution in [0.4, 0.5) is 5.82 Å². The predicted molar refractivity (Wildman–Crippen MR) is 76.3 cm³/mol. The van der Waals surface area contributed by atoms with Crippen LogP contribution < -0.4 is 11.3 Å². The Hall–Kier alpha value is -0.460. The second-order valence-electron chi connectivity index (χ2n) is 4.27. The molecule has 1 aromatic heterocycles. The first-order valence-electron chi connectivity index (χ1n) is 5.69. The van der Waals surface area contributed by atoms with Crippen LogP contribution in [0.2, 0.25) is 0 Å². The van der Waals surface area contributed by atoms with Gasteiger partial charge in [0.25, 0.3) is 0 Å². The van der Waals surface area contributed by atoms with Crippen LogP contribution in [0.5, 0.6) is 0 Å². The van der Waals surface area contributed by atoms with Crippen molar-refractivity contribution in [3.63, 3.8) is 0 Å². The van der Waals surface area contributed by atoms with E-state index in [4.69, 9.17) is 5.84 Å². The molecule has 0 radical (unpaired) electrons. The van der Waals surface area contributed by atoms with Gasteiger partial charge >= 0.3 is 0 Å². The molecule has 0 spiro atoms. The molecule has 0 amide bonds. The molecule has 1 aliphatic heterocycles. The number of anilines is 1. The number of nitrogen functional groups attached to an aromatic ring is 1. The van der Waals surface area contributed by atoms with Crippen molar-refractivity contribution in [2.24, 2.45) is 5.84 Å². The predicted octanol–water partition coefficient (Wildman–Crippen LogP) is 2.37. The van der Waals surface area contributed by atoms with E-state index in [1.807, 2.05) is 36.5 Å². The maximum Gasteiger partial charge on any atom is 0.144 e. The Kier molecular flexibility index (Phi) is 4.17. The number of rotatable bonds is 2. The molecule has 2 heterocycles. The highest BCUT2D eigenvalue weighted by Crippen LogP contribution is 2.43. The summed E-state index contributed by atoms with van der Waals surface area (Å²) >= 11 is 3.96. The summed E-state index contributed by atoms with van der Waals surface area (Å²) in [5, 5.41) is 1.71. The largest absolute Gasteiger partial charge is 0.308 e. The van der Waals surface area contributed by atoms with E-state index in [0.29, 0.717) is 21.6 Å². The number of thioether (sulfide) groups is 2. The summed E-state index contributed by atoms with van der Waals surface area (Å²) < 4.78 is 0. The first kappa shape index (κ1) is 13.0. The molecule has 1 aromatic rings. The minimum absolute atomic E-state index is 0.373. The van der Waals surface area contributed by atoms with Crippen molar-refractivity contribution in [2.45, 2.75) is 36.5 Å². The van der Waals surface area contributed by atoms with Crippen LogP contribution >= 0.6 is 23.5 Å². The quantitative estimate of drug-likeness (QED) is 0.635. The van der Waals surface area contributed by atoms with Gasteiger partial charge in [-0.1, -0.05) is 13.8 Å². The van der Waals surface area contributed by atoms with Crippen LogP contribution in [0.3, 0.4) is 0 Å². The van der Waals surface area contributed by atoms with E-state index >= 15 is 0 Å². The minimum Gasteiger partial charge on any atom is -0.308 e. The average molecular weight is 270 g/mol. The number of hydrogen-bond donors (Lipinski definition) is 2. The Bertz CT molecular complexity index is 399. The summed E-state index contributed by atoms with van der Waals surface area (Å²) in [6.45, 7) is 6.52. The third kappa shape index (κ3) is 3.05. The average Bonchev–Trinajstić information content (AvgIpc) is 2.32. The molecule has 0 aromatic carbocycles. The van der Waals surface area contributed by atoms with Crippen molar-refractivity contribution in [1.82, 2.24) is 9.97 Å². The molecular formula is C11H18N4S2. The summed E-state index contributed by atoms with van der Waals surface area (Å²) in [4.78, 5) is 8.98. The maximum atomic E-state index is 5.41. The topological polar surface area (TPSA) is 63.8 Å². The number of aromatic nitrogens is 2. The van der Waals surface area contributed by atoms with E-state index in [2.05, 4.69) is 29.2 Å². The SMILES string of the molecule is Cc1cc(NN)nc(C2CSC(C)C(C)S2)n1. The molecule has 1 aliphatic rings. The van der Waals surface area contributed by atoms with Gasteiger partial charge in [0, 0.05) is 28.0 Å². The number of nitrogens with two attached hydrogens (primary N) is 1. The number of nitrogens with zero attached hydrogens (tertiary/aromatic N) is 2. The van der Waals surface area contributed by atoms with Crippen LogP contribution in [0.1, 0.15) is 30.6 Å². The van der Waals surface area contributed by atoms with Crippen molar-refractivity contribution >= 4 is 29.3 Å². The molecule has 1 fully saturated rings. The first-order valence-corrected chi connectivity index (χ1v) is 7.68. The molecule has 4 nitrogen and oxygen atoms in total. The Balaban J connectivity index is 2.19.